The first-order chi connectivity index (χ1) is 17.7. The van der Waals surface area contributed by atoms with Crippen LogP contribution in [0.1, 0.15) is 22.6 Å². The summed E-state index contributed by atoms with van der Waals surface area (Å²) in [7, 11) is 0. The fourth-order valence-corrected chi connectivity index (χ4v) is 4.27. The predicted molar refractivity (Wildman–Crippen MR) is 182 cm³/mol. The monoisotopic (exact) mass is 704 g/mol. The molecule has 0 aliphatic rings. The molecule has 0 bridgehead atoms. The third-order valence-corrected chi connectivity index (χ3v) is 6.92. The van der Waals surface area contributed by atoms with Crippen LogP contribution in [0, 0.1) is 14.9 Å². The van der Waals surface area contributed by atoms with Gasteiger partial charge < -0.3 is 8.83 Å². The number of furan rings is 2. The average Bonchev–Trinajstić information content (AvgIpc) is 3.63. The predicted octanol–water partition coefficient (Wildman–Crippen LogP) is 6.35. The molecular formula is C28H32N4O2S4Sn+4. The molecule has 0 spiro atoms. The van der Waals surface area contributed by atoms with Crippen molar-refractivity contribution in [1.29, 1.82) is 0 Å². The molecule has 4 radical (unpaired) electrons. The summed E-state index contributed by atoms with van der Waals surface area (Å²) in [5.41, 5.74) is 2.51. The van der Waals surface area contributed by atoms with E-state index in [2.05, 4.69) is 69.9 Å². The van der Waals surface area contributed by atoms with Crippen LogP contribution in [0.25, 0.3) is 0 Å². The van der Waals surface area contributed by atoms with Crippen LogP contribution in [-0.2, 0) is 36.8 Å². The Bertz CT molecular complexity index is 1150. The maximum Gasteiger partial charge on any atom is 0.296 e. The van der Waals surface area contributed by atoms with Crippen molar-refractivity contribution in [2.24, 2.45) is 20.4 Å². The van der Waals surface area contributed by atoms with Gasteiger partial charge in [0.25, 0.3) is 8.75 Å². The Balaban J connectivity index is 0.000000688. The second-order valence-electron chi connectivity index (χ2n) is 6.88. The number of nitrogens with zero attached hydrogens (tertiary/aromatic N) is 4. The van der Waals surface area contributed by atoms with Gasteiger partial charge in [-0.2, -0.15) is 0 Å². The molecule has 2 aromatic heterocycles. The van der Waals surface area contributed by atoms with E-state index < -0.39 is 0 Å². The van der Waals surface area contributed by atoms with Crippen molar-refractivity contribution in [1.82, 2.24) is 0 Å². The largest absolute Gasteiger partial charge is 0.463 e. The molecule has 0 aliphatic heterocycles. The molecule has 0 saturated heterocycles. The molecule has 0 saturated carbocycles. The maximum absolute atomic E-state index is 5.10. The molecule has 0 aliphatic carbocycles. The number of benzene rings is 2. The molecule has 0 unspecified atom stereocenters. The molecule has 11 heteroatoms. The molecule has 2 heterocycles. The van der Waals surface area contributed by atoms with E-state index >= 15 is 0 Å². The summed E-state index contributed by atoms with van der Waals surface area (Å²) in [5, 5.41) is 15.9. The Morgan fingerprint density at radius 1 is 0.615 bits per heavy atom. The molecule has 4 aromatic rings. The molecule has 200 valence electrons. The molecule has 6 nitrogen and oxygen atoms in total. The van der Waals surface area contributed by atoms with Crippen molar-refractivity contribution < 1.29 is 8.83 Å². The van der Waals surface area contributed by atoms with Crippen LogP contribution in [0.3, 0.4) is 0 Å². The van der Waals surface area contributed by atoms with Gasteiger partial charge in [-0.1, -0.05) is 70.9 Å². The van der Waals surface area contributed by atoms with Gasteiger partial charge >= 0.3 is 0 Å². The first-order valence-corrected chi connectivity index (χ1v) is 13.7. The first-order valence-electron chi connectivity index (χ1n) is 10.7. The van der Waals surface area contributed by atoms with Gasteiger partial charge in [-0.05, 0) is 58.9 Å². The Labute approximate surface area is 267 Å². The van der Waals surface area contributed by atoms with Crippen LogP contribution in [0.15, 0.2) is 127 Å². The van der Waals surface area contributed by atoms with E-state index in [1.165, 1.54) is 11.1 Å². The molecule has 0 fully saturated rings. The van der Waals surface area contributed by atoms with Crippen molar-refractivity contribution >= 4 is 93.9 Å². The molecule has 0 N–H and O–H groups in total. The molecule has 2 aromatic carbocycles. The topological polar surface area (TPSA) is 75.7 Å². The Hall–Kier alpha value is -2.38. The zero-order valence-corrected chi connectivity index (χ0v) is 28.2. The standard InChI is InChI=1S/2C13H12N2OS2.2CH3.Sn/c2*17-13(15-14-9-12-7-4-8-16-12)18-10-11-5-2-1-3-6-11;;;/h2*1-9H,10H2,(H,15,17);2*1H3;/q;;2*+1;/p+2. The summed E-state index contributed by atoms with van der Waals surface area (Å²) in [6.45, 7) is 0. The van der Waals surface area contributed by atoms with E-state index in [1.54, 1.807) is 48.5 Å². The van der Waals surface area contributed by atoms with Crippen molar-refractivity contribution in [3.8, 4) is 0 Å². The smallest absolute Gasteiger partial charge is 0.296 e. The Morgan fingerprint density at radius 2 is 1.00 bits per heavy atom. The van der Waals surface area contributed by atoms with Crippen LogP contribution < -0.4 is 0 Å². The van der Waals surface area contributed by atoms with Gasteiger partial charge in [0.15, 0.2) is 0 Å². The van der Waals surface area contributed by atoms with Crippen LogP contribution in [-0.4, -0.2) is 45.1 Å². The van der Waals surface area contributed by atoms with E-state index in [-0.39, 0.29) is 38.8 Å². The van der Waals surface area contributed by atoms with Gasteiger partial charge in [0, 0.05) is 75.5 Å². The fourth-order valence-electron chi connectivity index (χ4n) is 2.52. The van der Waals surface area contributed by atoms with Gasteiger partial charge in [-0.3, -0.25) is 0 Å². The Kier molecular flexibility index (Phi) is 21.1. The zero-order chi connectivity index (χ0) is 25.3. The summed E-state index contributed by atoms with van der Waals surface area (Å²) in [6, 6.07) is 27.7. The first kappa shape index (κ1) is 36.6. The quantitative estimate of drug-likeness (QED) is 0.0536. The third-order valence-electron chi connectivity index (χ3n) is 4.19. The minimum absolute atomic E-state index is 0. The second kappa shape index (κ2) is 22.4. The van der Waals surface area contributed by atoms with E-state index in [0.717, 1.165) is 20.3 Å². The van der Waals surface area contributed by atoms with Crippen LogP contribution in [0.5, 0.6) is 0 Å². The fraction of sp³-hybridized carbons (Fsp3) is 0.0714. The van der Waals surface area contributed by atoms with Crippen molar-refractivity contribution in [2.75, 3.05) is 0 Å². The summed E-state index contributed by atoms with van der Waals surface area (Å²) in [5.74, 6) is 3.09. The summed E-state index contributed by atoms with van der Waals surface area (Å²) < 4.78 is 11.7. The number of thioether (sulfide) groups is 2. The van der Waals surface area contributed by atoms with Crippen molar-refractivity contribution in [3.63, 3.8) is 0 Å². The molecule has 4 rings (SSSR count). The van der Waals surface area contributed by atoms with Crippen LogP contribution in [0.4, 0.5) is 0 Å². The van der Waals surface area contributed by atoms with Gasteiger partial charge in [0.1, 0.15) is 11.5 Å². The third kappa shape index (κ3) is 16.4. The number of hydrogen-bond donors (Lipinski definition) is 0. The molecule has 0 amide bonds. The van der Waals surface area contributed by atoms with E-state index in [0.29, 0.717) is 11.5 Å². The van der Waals surface area contributed by atoms with Gasteiger partial charge in [-0.25, -0.2) is 0 Å². The normalized spacial score (nSPS) is 11.2. The number of rotatable bonds is 8. The molecular weight excluding hydrogens is 671 g/mol. The van der Waals surface area contributed by atoms with E-state index in [1.807, 2.05) is 60.7 Å². The summed E-state index contributed by atoms with van der Waals surface area (Å²) in [4.78, 5) is 0. The second-order valence-corrected chi connectivity index (χ2v) is 10.5. The minimum Gasteiger partial charge on any atom is -0.463 e. The number of hydrogen-bond acceptors (Lipinski definition) is 8. The summed E-state index contributed by atoms with van der Waals surface area (Å²) in [6.07, 6.45) is 6.35. The van der Waals surface area contributed by atoms with Gasteiger partial charge in [0.05, 0.1) is 25.0 Å². The van der Waals surface area contributed by atoms with Crippen molar-refractivity contribution in [2.45, 2.75) is 11.5 Å². The SMILES string of the molecule is [CH3+].[CH3+].[SH2+]C(=NN=Cc1ccco1)SCc1ccccc1.[SH2+]C(=NN=Cc1ccco1)SCc1ccccc1.[Sn]. The van der Waals surface area contributed by atoms with Crippen LogP contribution in [0.2, 0.25) is 0 Å². The van der Waals surface area contributed by atoms with Crippen molar-refractivity contribution in [3.05, 3.63) is 135 Å². The molecule has 39 heavy (non-hydrogen) atoms. The average molecular weight is 704 g/mol. The summed E-state index contributed by atoms with van der Waals surface area (Å²) >= 11 is 10.0. The molecule has 0 atom stereocenters. The maximum atomic E-state index is 5.10. The van der Waals surface area contributed by atoms with Crippen LogP contribution >= 0.6 is 23.5 Å². The van der Waals surface area contributed by atoms with E-state index in [9.17, 15) is 0 Å². The van der Waals surface area contributed by atoms with Gasteiger partial charge in [0.2, 0.25) is 0 Å². The Morgan fingerprint density at radius 3 is 1.33 bits per heavy atom. The van der Waals surface area contributed by atoms with Gasteiger partial charge in [-0.15, -0.1) is 10.2 Å². The zero-order valence-electron chi connectivity index (χ0n) is 21.7. The van der Waals surface area contributed by atoms with E-state index in [4.69, 9.17) is 8.83 Å². The minimum atomic E-state index is 0.